The quantitative estimate of drug-likeness (QED) is 0.802. The summed E-state index contributed by atoms with van der Waals surface area (Å²) >= 11 is 0. The predicted octanol–water partition coefficient (Wildman–Crippen LogP) is 2.83. The average Bonchev–Trinajstić information content (AvgIpc) is 2.64. The zero-order chi connectivity index (χ0) is 12.0. The van der Waals surface area contributed by atoms with Gasteiger partial charge in [-0.25, -0.2) is 0 Å². The first-order chi connectivity index (χ1) is 7.72. The van der Waals surface area contributed by atoms with Crippen LogP contribution >= 0.6 is 0 Å². The lowest BCUT2D eigenvalue weighted by molar-refractivity contribution is 0.0951. The molecule has 0 aliphatic rings. The molecule has 1 aromatic heterocycles. The average molecular weight is 218 g/mol. The van der Waals surface area contributed by atoms with Crippen LogP contribution in [-0.2, 0) is 0 Å². The Morgan fingerprint density at radius 3 is 2.62 bits per heavy atom. The summed E-state index contributed by atoms with van der Waals surface area (Å²) < 4.78 is 0. The number of carbonyl (C=O) groups is 1. The van der Waals surface area contributed by atoms with E-state index in [0.29, 0.717) is 12.2 Å². The van der Waals surface area contributed by atoms with E-state index in [1.165, 1.54) is 0 Å². The van der Waals surface area contributed by atoms with E-state index in [1.54, 1.807) is 0 Å². The fourth-order valence-electron chi connectivity index (χ4n) is 1.49. The van der Waals surface area contributed by atoms with Crippen molar-refractivity contribution in [1.82, 2.24) is 10.3 Å². The van der Waals surface area contributed by atoms with E-state index in [4.69, 9.17) is 0 Å². The molecule has 0 aromatic carbocycles. The maximum absolute atomic E-state index is 11.6. The second-order valence-corrected chi connectivity index (χ2v) is 3.41. The van der Waals surface area contributed by atoms with Gasteiger partial charge in [-0.1, -0.05) is 18.2 Å². The smallest absolute Gasteiger partial charge is 0.267 e. The third kappa shape index (κ3) is 2.86. The van der Waals surface area contributed by atoms with Gasteiger partial charge in [0.15, 0.2) is 0 Å². The van der Waals surface area contributed by atoms with Gasteiger partial charge in [-0.2, -0.15) is 0 Å². The van der Waals surface area contributed by atoms with Crippen molar-refractivity contribution >= 4 is 18.1 Å². The van der Waals surface area contributed by atoms with E-state index in [1.807, 2.05) is 51.1 Å². The van der Waals surface area contributed by atoms with Crippen molar-refractivity contribution in [1.29, 1.82) is 0 Å². The Morgan fingerprint density at radius 1 is 1.38 bits per heavy atom. The molecule has 0 aliphatic carbocycles. The van der Waals surface area contributed by atoms with Crippen molar-refractivity contribution in [2.45, 2.75) is 20.8 Å². The molecule has 0 radical (unpaired) electrons. The lowest BCUT2D eigenvalue weighted by atomic mass is 10.2. The number of H-pyrrole nitrogens is 1. The van der Waals surface area contributed by atoms with Gasteiger partial charge in [0.25, 0.3) is 5.91 Å². The number of aromatic nitrogens is 1. The van der Waals surface area contributed by atoms with Crippen LogP contribution in [0.3, 0.4) is 0 Å². The van der Waals surface area contributed by atoms with Gasteiger partial charge in [0.1, 0.15) is 5.69 Å². The van der Waals surface area contributed by atoms with Crippen molar-refractivity contribution in [3.63, 3.8) is 0 Å². The normalized spacial score (nSPS) is 11.4. The minimum absolute atomic E-state index is 0.0657. The summed E-state index contributed by atoms with van der Waals surface area (Å²) in [7, 11) is 0. The molecule has 3 nitrogen and oxygen atoms in total. The Balaban J connectivity index is 3.05. The molecule has 0 unspecified atom stereocenters. The number of aromatic amines is 1. The zero-order valence-electron chi connectivity index (χ0n) is 10.0. The summed E-state index contributed by atoms with van der Waals surface area (Å²) in [6, 6.07) is 1.86. The number of rotatable bonds is 4. The topological polar surface area (TPSA) is 44.9 Å². The number of nitrogens with one attached hydrogen (secondary N) is 2. The SMILES string of the molecule is C/C=C\c1cc(C(=O)NCC)[nH]c1/C=C\C. The van der Waals surface area contributed by atoms with Crippen LogP contribution in [0, 0.1) is 0 Å². The molecule has 1 heterocycles. The number of hydrogen-bond donors (Lipinski definition) is 2. The summed E-state index contributed by atoms with van der Waals surface area (Å²) in [4.78, 5) is 14.7. The molecule has 3 heteroatoms. The Morgan fingerprint density at radius 2 is 2.06 bits per heavy atom. The third-order valence-corrected chi connectivity index (χ3v) is 2.14. The number of carbonyl (C=O) groups excluding carboxylic acids is 1. The summed E-state index contributed by atoms with van der Waals surface area (Å²) in [5.41, 5.74) is 2.59. The summed E-state index contributed by atoms with van der Waals surface area (Å²) in [6.07, 6.45) is 7.84. The molecule has 0 spiro atoms. The maximum atomic E-state index is 11.6. The molecule has 0 atom stereocenters. The molecule has 16 heavy (non-hydrogen) atoms. The monoisotopic (exact) mass is 218 g/mol. The van der Waals surface area contributed by atoms with Gasteiger partial charge in [0, 0.05) is 12.2 Å². The van der Waals surface area contributed by atoms with Crippen LogP contribution in [0.1, 0.15) is 42.5 Å². The van der Waals surface area contributed by atoms with E-state index in [0.717, 1.165) is 11.3 Å². The van der Waals surface area contributed by atoms with Crippen molar-refractivity contribution in [2.75, 3.05) is 6.54 Å². The molecule has 0 saturated heterocycles. The fourth-order valence-corrected chi connectivity index (χ4v) is 1.49. The highest BCUT2D eigenvalue weighted by Crippen LogP contribution is 2.14. The first-order valence-electron chi connectivity index (χ1n) is 5.49. The highest BCUT2D eigenvalue weighted by Gasteiger charge is 2.09. The largest absolute Gasteiger partial charge is 0.351 e. The standard InChI is InChI=1S/C13H18N2O/c1-4-7-10-9-12(13(16)14-6-3)15-11(10)8-5-2/h4-5,7-9,15H,6H2,1-3H3,(H,14,16)/b7-4-,8-5-. The highest BCUT2D eigenvalue weighted by molar-refractivity contribution is 5.94. The molecule has 1 aromatic rings. The van der Waals surface area contributed by atoms with Gasteiger partial charge < -0.3 is 10.3 Å². The Labute approximate surface area is 96.3 Å². The lowest BCUT2D eigenvalue weighted by Crippen LogP contribution is -2.22. The van der Waals surface area contributed by atoms with Crippen LogP contribution in [-0.4, -0.2) is 17.4 Å². The van der Waals surface area contributed by atoms with Crippen LogP contribution < -0.4 is 5.32 Å². The van der Waals surface area contributed by atoms with Crippen molar-refractivity contribution in [2.24, 2.45) is 0 Å². The van der Waals surface area contributed by atoms with E-state index in [2.05, 4.69) is 10.3 Å². The summed E-state index contributed by atoms with van der Waals surface area (Å²) in [5.74, 6) is -0.0657. The minimum Gasteiger partial charge on any atom is -0.351 e. The first kappa shape index (κ1) is 12.3. The molecule has 0 bridgehead atoms. The Kier molecular flexibility index (Phi) is 4.58. The van der Waals surface area contributed by atoms with Crippen LogP contribution in [0.5, 0.6) is 0 Å². The van der Waals surface area contributed by atoms with Gasteiger partial charge in [0.2, 0.25) is 0 Å². The molecule has 0 fully saturated rings. The zero-order valence-corrected chi connectivity index (χ0v) is 10.0. The van der Waals surface area contributed by atoms with Crippen molar-refractivity contribution in [3.8, 4) is 0 Å². The second-order valence-electron chi connectivity index (χ2n) is 3.41. The molecule has 1 amide bonds. The highest BCUT2D eigenvalue weighted by atomic mass is 16.1. The molecule has 0 aliphatic heterocycles. The third-order valence-electron chi connectivity index (χ3n) is 2.14. The molecule has 0 saturated carbocycles. The predicted molar refractivity (Wildman–Crippen MR) is 68.2 cm³/mol. The van der Waals surface area contributed by atoms with Crippen molar-refractivity contribution in [3.05, 3.63) is 35.2 Å². The van der Waals surface area contributed by atoms with Crippen LogP contribution in [0.15, 0.2) is 18.2 Å². The van der Waals surface area contributed by atoms with Gasteiger partial charge in [0.05, 0.1) is 0 Å². The molecule has 2 N–H and O–H groups in total. The second kappa shape index (κ2) is 5.95. The van der Waals surface area contributed by atoms with Crippen LogP contribution in [0.2, 0.25) is 0 Å². The van der Waals surface area contributed by atoms with Gasteiger partial charge in [-0.05, 0) is 38.5 Å². The summed E-state index contributed by atoms with van der Waals surface area (Å²) in [5, 5.41) is 2.77. The van der Waals surface area contributed by atoms with Gasteiger partial charge in [-0.3, -0.25) is 4.79 Å². The van der Waals surface area contributed by atoms with Crippen LogP contribution in [0.4, 0.5) is 0 Å². The van der Waals surface area contributed by atoms with Gasteiger partial charge >= 0.3 is 0 Å². The van der Waals surface area contributed by atoms with Gasteiger partial charge in [-0.15, -0.1) is 0 Å². The molecule has 1 rings (SSSR count). The Bertz CT molecular complexity index is 384. The van der Waals surface area contributed by atoms with E-state index in [9.17, 15) is 4.79 Å². The molecule has 86 valence electrons. The number of hydrogen-bond acceptors (Lipinski definition) is 1. The molecular formula is C13H18N2O. The Hall–Kier alpha value is -1.77. The van der Waals surface area contributed by atoms with Crippen LogP contribution in [0.25, 0.3) is 12.2 Å². The minimum atomic E-state index is -0.0657. The number of amides is 1. The van der Waals surface area contributed by atoms with Crippen molar-refractivity contribution < 1.29 is 4.79 Å². The molecular weight excluding hydrogens is 200 g/mol. The van der Waals surface area contributed by atoms with E-state index >= 15 is 0 Å². The van der Waals surface area contributed by atoms with E-state index in [-0.39, 0.29) is 5.91 Å². The lowest BCUT2D eigenvalue weighted by Gasteiger charge is -1.97. The first-order valence-corrected chi connectivity index (χ1v) is 5.49. The summed E-state index contributed by atoms with van der Waals surface area (Å²) in [6.45, 7) is 6.45. The number of allylic oxidation sites excluding steroid dienone is 2. The fraction of sp³-hybridized carbons (Fsp3) is 0.308. The maximum Gasteiger partial charge on any atom is 0.267 e. The van der Waals surface area contributed by atoms with E-state index < -0.39 is 0 Å².